The standard InChI is InChI=1S/C74H118ClF5N12O13/c1-17-33-105-41-56-62(96)82-60(45(5)18-2)68(102)86(12)40-59(95)87(13)52-23-21-20-22-32-91(67(52)101)55(36-48-28-30-73(76,77)31-29-48)66(100)85(11)39-57(93)81-51(27-25-47-24-26-49(50(75)35-47)74(78,79)80)64(98)92-38-44(4)34-53(92)63(97)83-72(42-71(7,8)43-72)70(104)90(16)61(46(6)19-3)69(103)89(15)54(65(99)84(9)10)37-58(94)88(56)14/h20-21,44-56,60-61H,17-19,22-43H2,1-16H3,(H,81,93)(H,82,96)(H,83,97)/b21-20-/t44-,45-,46?,47?,49?,50?,51-,52-,53-,54-,55-,56-,60-,61-/m0/s1. The average molecular weight is 1510 g/mol. The van der Waals surface area contributed by atoms with Gasteiger partial charge in [0.05, 0.1) is 32.0 Å². The van der Waals surface area contributed by atoms with E-state index in [0.717, 1.165) is 24.5 Å². The summed E-state index contributed by atoms with van der Waals surface area (Å²) < 4.78 is 77.7. The minimum Gasteiger partial charge on any atom is -0.379 e. The second kappa shape index (κ2) is 36.9. The minimum absolute atomic E-state index is 0.00492. The van der Waals surface area contributed by atoms with E-state index in [0.29, 0.717) is 19.3 Å². The van der Waals surface area contributed by atoms with Gasteiger partial charge in [-0.05, 0) is 125 Å². The van der Waals surface area contributed by atoms with E-state index in [1.54, 1.807) is 39.8 Å². The average Bonchev–Trinajstić information content (AvgIpc) is 1.33. The van der Waals surface area contributed by atoms with Crippen molar-refractivity contribution in [2.45, 2.75) is 249 Å². The summed E-state index contributed by atoms with van der Waals surface area (Å²) in [5.74, 6) is -16.1. The van der Waals surface area contributed by atoms with Gasteiger partial charge in [-0.2, -0.15) is 13.2 Å². The number of carbonyl (C=O) groups excluding carboxylic acids is 12. The number of hydrogen-bond donors (Lipinski definition) is 3. The molecule has 12 amide bonds. The number of likely N-dealkylation sites (N-methyl/N-ethyl adjacent to an activating group) is 7. The third kappa shape index (κ3) is 21.8. The van der Waals surface area contributed by atoms with Crippen molar-refractivity contribution in [2.24, 2.45) is 40.9 Å². The van der Waals surface area contributed by atoms with Crippen LogP contribution in [-0.2, 0) is 62.3 Å². The predicted octanol–water partition coefficient (Wildman–Crippen LogP) is 6.23. The maximum Gasteiger partial charge on any atom is 0.393 e. The number of nitrogens with one attached hydrogen (secondary N) is 3. The molecule has 6 aliphatic rings. The molecule has 2 saturated heterocycles. The fourth-order valence-electron chi connectivity index (χ4n) is 16.3. The first kappa shape index (κ1) is 87.2. The first-order valence-corrected chi connectivity index (χ1v) is 38.0. The van der Waals surface area contributed by atoms with Crippen molar-refractivity contribution in [3.8, 4) is 0 Å². The summed E-state index contributed by atoms with van der Waals surface area (Å²) in [7, 11) is 11.0. The van der Waals surface area contributed by atoms with E-state index in [1.807, 2.05) is 27.7 Å². The van der Waals surface area contributed by atoms with Crippen molar-refractivity contribution in [3.05, 3.63) is 12.2 Å². The van der Waals surface area contributed by atoms with E-state index >= 15 is 28.8 Å². The lowest BCUT2D eigenvalue weighted by molar-refractivity contribution is -0.182. The van der Waals surface area contributed by atoms with Crippen molar-refractivity contribution < 1.29 is 84.2 Å². The highest BCUT2D eigenvalue weighted by molar-refractivity contribution is 6.21. The predicted molar refractivity (Wildman–Crippen MR) is 383 cm³/mol. The van der Waals surface area contributed by atoms with Crippen molar-refractivity contribution in [1.82, 2.24) is 60.0 Å². The second-order valence-electron chi connectivity index (χ2n) is 32.1. The van der Waals surface area contributed by atoms with Crippen LogP contribution in [0, 0.1) is 40.9 Å². The Morgan fingerprint density at radius 2 is 1.32 bits per heavy atom. The lowest BCUT2D eigenvalue weighted by atomic mass is 9.58. The lowest BCUT2D eigenvalue weighted by Crippen LogP contribution is -2.71. The van der Waals surface area contributed by atoms with Gasteiger partial charge >= 0.3 is 6.18 Å². The summed E-state index contributed by atoms with van der Waals surface area (Å²) in [6.07, 6.45) is -1.56. The van der Waals surface area contributed by atoms with Gasteiger partial charge in [-0.25, -0.2) is 8.78 Å². The summed E-state index contributed by atoms with van der Waals surface area (Å²) in [4.78, 5) is 191. The van der Waals surface area contributed by atoms with Crippen LogP contribution in [0.15, 0.2) is 12.2 Å². The Bertz CT molecular complexity index is 3150. The Hall–Kier alpha value is -6.72. The highest BCUT2D eigenvalue weighted by atomic mass is 35.5. The highest BCUT2D eigenvalue weighted by Gasteiger charge is 2.59. The van der Waals surface area contributed by atoms with Crippen molar-refractivity contribution in [3.63, 3.8) is 0 Å². The molecule has 6 rings (SSSR count). The molecular weight excluding hydrogens is 1400 g/mol. The number of halogens is 6. The van der Waals surface area contributed by atoms with Crippen LogP contribution in [0.5, 0.6) is 0 Å². The normalized spacial score (nSPS) is 30.8. The summed E-state index contributed by atoms with van der Waals surface area (Å²) >= 11 is 6.42. The number of amides is 12. The van der Waals surface area contributed by atoms with Gasteiger partial charge in [0.2, 0.25) is 76.8 Å². The molecule has 0 radical (unpaired) electrons. The van der Waals surface area contributed by atoms with E-state index < -0.39 is 210 Å². The molecule has 0 aromatic heterocycles. The third-order valence-electron chi connectivity index (χ3n) is 22.9. The van der Waals surface area contributed by atoms with E-state index in [2.05, 4.69) is 16.0 Å². The number of alkyl halides is 6. The molecule has 3 N–H and O–H groups in total. The molecule has 5 fully saturated rings. The van der Waals surface area contributed by atoms with Crippen LogP contribution in [0.2, 0.25) is 0 Å². The molecule has 31 heteroatoms. The molecule has 2 bridgehead atoms. The van der Waals surface area contributed by atoms with Crippen LogP contribution in [-0.4, -0.2) is 282 Å². The van der Waals surface area contributed by atoms with E-state index in [1.165, 1.54) is 76.0 Å². The Labute approximate surface area is 621 Å². The summed E-state index contributed by atoms with van der Waals surface area (Å²) in [6.45, 7) is 12.8. The van der Waals surface area contributed by atoms with Gasteiger partial charge in [0.15, 0.2) is 0 Å². The summed E-state index contributed by atoms with van der Waals surface area (Å²) in [5.41, 5.74) is -2.22. The third-order valence-corrected chi connectivity index (χ3v) is 23.4. The summed E-state index contributed by atoms with van der Waals surface area (Å²) in [5, 5.41) is 7.35. The zero-order valence-corrected chi connectivity index (χ0v) is 65.3. The van der Waals surface area contributed by atoms with Crippen LogP contribution in [0.3, 0.4) is 0 Å². The fraction of sp³-hybridized carbons (Fsp3) is 0.811. The van der Waals surface area contributed by atoms with Gasteiger partial charge in [-0.15, -0.1) is 11.6 Å². The van der Waals surface area contributed by atoms with E-state index in [-0.39, 0.29) is 116 Å². The van der Waals surface area contributed by atoms with Crippen LogP contribution in [0.4, 0.5) is 22.0 Å². The molecule has 25 nitrogen and oxygen atoms in total. The molecule has 594 valence electrons. The maximum atomic E-state index is 15.6. The van der Waals surface area contributed by atoms with E-state index in [9.17, 15) is 50.7 Å². The Morgan fingerprint density at radius 1 is 0.695 bits per heavy atom. The molecule has 1 spiro atoms. The number of rotatable bonds is 14. The summed E-state index contributed by atoms with van der Waals surface area (Å²) in [6, 6.07) is -11.0. The Kier molecular flexibility index (Phi) is 30.7. The molecule has 3 saturated carbocycles. The smallest absolute Gasteiger partial charge is 0.379 e. The van der Waals surface area contributed by atoms with Crippen molar-refractivity contribution in [1.29, 1.82) is 0 Å². The molecule has 3 aliphatic heterocycles. The number of hydrogen-bond acceptors (Lipinski definition) is 13. The first-order valence-electron chi connectivity index (χ1n) is 37.6. The van der Waals surface area contributed by atoms with Crippen molar-refractivity contribution in [2.75, 3.05) is 95.8 Å². The largest absolute Gasteiger partial charge is 0.393 e. The molecule has 4 unspecified atom stereocenters. The van der Waals surface area contributed by atoms with Crippen LogP contribution < -0.4 is 16.0 Å². The zero-order chi connectivity index (χ0) is 78.7. The monoisotopic (exact) mass is 1510 g/mol. The molecule has 105 heavy (non-hydrogen) atoms. The number of nitrogens with zero attached hydrogens (tertiary/aromatic N) is 9. The van der Waals surface area contributed by atoms with Gasteiger partial charge in [0.25, 0.3) is 0 Å². The number of fused-ring (bicyclic) bond motifs is 3. The van der Waals surface area contributed by atoms with Gasteiger partial charge in [-0.1, -0.05) is 80.4 Å². The van der Waals surface area contributed by atoms with E-state index in [4.69, 9.17) is 16.3 Å². The topological polar surface area (TPSA) is 279 Å². The fourth-order valence-corrected chi connectivity index (χ4v) is 16.8. The SMILES string of the molecule is CCCOC[C@H]1C(=O)N[C@@H]([C@@H](C)CC)C(=O)N(C)CC(=O)N(C)[C@H]2C/C=C\CCN(C2=O)[C@@H](CC2CCC(F)(F)CC2)C(=O)N(C)CC(=O)N[C@@H](CCC2CCC(C(F)(F)F)C(Cl)C2)C(=O)N2C[C@@H](C)C[C@H]2C(=O)NC2(CC(C)(C)C2)C(=O)N(C)[C@@H](C(C)CC)C(=O)N(C)[C@H](C(=O)N(C)C)CC(=O)N1C. The quantitative estimate of drug-likeness (QED) is 0.0754. The molecule has 3 aliphatic carbocycles. The van der Waals surface area contributed by atoms with Gasteiger partial charge in [-0.3, -0.25) is 57.5 Å². The van der Waals surface area contributed by atoms with Gasteiger partial charge in [0, 0.05) is 94.3 Å². The van der Waals surface area contributed by atoms with Crippen LogP contribution >= 0.6 is 11.6 Å². The molecule has 0 aromatic rings. The number of ether oxygens (including phenoxy) is 1. The molecule has 3 heterocycles. The zero-order valence-electron chi connectivity index (χ0n) is 64.6. The van der Waals surface area contributed by atoms with Gasteiger partial charge in [0.1, 0.15) is 53.9 Å². The minimum atomic E-state index is -4.55. The van der Waals surface area contributed by atoms with Crippen LogP contribution in [0.1, 0.15) is 177 Å². The van der Waals surface area contributed by atoms with Crippen molar-refractivity contribution >= 4 is 82.5 Å². The number of carbonyl (C=O) groups is 12. The van der Waals surface area contributed by atoms with Gasteiger partial charge < -0.3 is 64.8 Å². The lowest BCUT2D eigenvalue weighted by Gasteiger charge is -2.54. The Morgan fingerprint density at radius 3 is 1.90 bits per heavy atom. The first-order chi connectivity index (χ1) is 48.9. The Balaban J connectivity index is 1.47. The second-order valence-corrected chi connectivity index (χ2v) is 32.6. The molecule has 0 aromatic carbocycles. The molecule has 14 atom stereocenters. The molecular formula is C74H118ClF5N12O13. The van der Waals surface area contributed by atoms with Crippen LogP contribution in [0.25, 0.3) is 0 Å². The maximum absolute atomic E-state index is 15.6. The highest BCUT2D eigenvalue weighted by Crippen LogP contribution is 2.50.